The molecule has 2 aliphatic rings. The second-order valence-electron chi connectivity index (χ2n) is 10.9. The van der Waals surface area contributed by atoms with Crippen LogP contribution in [0.15, 0.2) is 152 Å². The average Bonchev–Trinajstić information content (AvgIpc) is 3.04. The van der Waals surface area contributed by atoms with Crippen LogP contribution in [0.5, 0.6) is 0 Å². The van der Waals surface area contributed by atoms with Crippen LogP contribution in [-0.4, -0.2) is 6.71 Å². The van der Waals surface area contributed by atoms with Crippen LogP contribution in [0, 0.1) is 0 Å². The van der Waals surface area contributed by atoms with E-state index in [-0.39, 0.29) is 6.71 Å². The van der Waals surface area contributed by atoms with Crippen LogP contribution in [0.2, 0.25) is 0 Å². The van der Waals surface area contributed by atoms with Crippen LogP contribution in [0.25, 0.3) is 21.5 Å². The third kappa shape index (κ3) is 3.15. The summed E-state index contributed by atoms with van der Waals surface area (Å²) in [6.45, 7) is 0.115. The molecular formula is C38H25BN2. The van der Waals surface area contributed by atoms with Crippen molar-refractivity contribution < 1.29 is 0 Å². The molecule has 190 valence electrons. The van der Waals surface area contributed by atoms with E-state index in [1.54, 1.807) is 0 Å². The van der Waals surface area contributed by atoms with E-state index in [2.05, 4.69) is 161 Å². The molecule has 3 heteroatoms. The molecular weight excluding hydrogens is 495 g/mol. The molecule has 0 bridgehead atoms. The van der Waals surface area contributed by atoms with Gasteiger partial charge in [0.25, 0.3) is 6.71 Å². The first-order valence-corrected chi connectivity index (χ1v) is 14.2. The van der Waals surface area contributed by atoms with E-state index in [4.69, 9.17) is 0 Å². The number of benzene rings is 7. The van der Waals surface area contributed by atoms with E-state index in [9.17, 15) is 0 Å². The van der Waals surface area contributed by atoms with Gasteiger partial charge in [-0.3, -0.25) is 0 Å². The minimum absolute atomic E-state index is 0.115. The summed E-state index contributed by atoms with van der Waals surface area (Å²) in [4.78, 5) is 4.96. The number of nitrogens with zero attached hydrogens (tertiary/aromatic N) is 2. The fraction of sp³-hybridized carbons (Fsp3) is 0. The molecule has 7 aromatic rings. The molecule has 0 amide bonds. The Morgan fingerprint density at radius 2 is 0.902 bits per heavy atom. The predicted octanol–water partition coefficient (Wildman–Crippen LogP) is 8.08. The van der Waals surface area contributed by atoms with Crippen LogP contribution in [-0.2, 0) is 0 Å². The number of para-hydroxylation sites is 2. The maximum Gasteiger partial charge on any atom is 0.252 e. The van der Waals surface area contributed by atoms with Crippen LogP contribution in [0.4, 0.5) is 34.1 Å². The summed E-state index contributed by atoms with van der Waals surface area (Å²) in [6, 6.07) is 55.4. The first kappa shape index (κ1) is 22.5. The minimum atomic E-state index is 0.115. The highest BCUT2D eigenvalue weighted by atomic mass is 15.2. The van der Waals surface area contributed by atoms with Crippen LogP contribution in [0.1, 0.15) is 0 Å². The zero-order chi connectivity index (χ0) is 26.9. The minimum Gasteiger partial charge on any atom is -0.311 e. The van der Waals surface area contributed by atoms with E-state index >= 15 is 0 Å². The van der Waals surface area contributed by atoms with Gasteiger partial charge in [0.2, 0.25) is 0 Å². The summed E-state index contributed by atoms with van der Waals surface area (Å²) in [5.41, 5.74) is 11.4. The first-order chi connectivity index (χ1) is 20.4. The van der Waals surface area contributed by atoms with E-state index < -0.39 is 0 Å². The van der Waals surface area contributed by atoms with Gasteiger partial charge in [-0.1, -0.05) is 109 Å². The smallest absolute Gasteiger partial charge is 0.252 e. The SMILES string of the molecule is c1ccc(N2c3ccccc3B3c4c2cccc4N(c2cccc4ccccc24)c2ccc4ccccc4c23)cc1. The van der Waals surface area contributed by atoms with Gasteiger partial charge < -0.3 is 9.80 Å². The summed E-state index contributed by atoms with van der Waals surface area (Å²) < 4.78 is 0. The van der Waals surface area contributed by atoms with Gasteiger partial charge in [0, 0.05) is 33.8 Å². The zero-order valence-electron chi connectivity index (χ0n) is 22.4. The predicted molar refractivity (Wildman–Crippen MR) is 175 cm³/mol. The summed E-state index contributed by atoms with van der Waals surface area (Å²) in [6.07, 6.45) is 0. The number of rotatable bonds is 2. The van der Waals surface area contributed by atoms with Gasteiger partial charge in [0.1, 0.15) is 0 Å². The summed E-state index contributed by atoms with van der Waals surface area (Å²) in [5, 5.41) is 5.08. The van der Waals surface area contributed by atoms with Gasteiger partial charge in [-0.2, -0.15) is 0 Å². The normalized spacial score (nSPS) is 13.2. The van der Waals surface area contributed by atoms with Crippen molar-refractivity contribution in [1.82, 2.24) is 0 Å². The topological polar surface area (TPSA) is 6.48 Å². The lowest BCUT2D eigenvalue weighted by Gasteiger charge is -2.44. The third-order valence-electron chi connectivity index (χ3n) is 8.82. The lowest BCUT2D eigenvalue weighted by Crippen LogP contribution is -2.61. The molecule has 0 fully saturated rings. The highest BCUT2D eigenvalue weighted by Gasteiger charge is 2.43. The van der Waals surface area contributed by atoms with Crippen molar-refractivity contribution in [3.63, 3.8) is 0 Å². The molecule has 0 radical (unpaired) electrons. The highest BCUT2D eigenvalue weighted by Crippen LogP contribution is 2.45. The van der Waals surface area contributed by atoms with E-state index in [1.807, 2.05) is 0 Å². The van der Waals surface area contributed by atoms with Crippen LogP contribution >= 0.6 is 0 Å². The van der Waals surface area contributed by atoms with Crippen molar-refractivity contribution in [3.8, 4) is 0 Å². The Labute approximate surface area is 239 Å². The summed E-state index contributed by atoms with van der Waals surface area (Å²) in [5.74, 6) is 0. The van der Waals surface area contributed by atoms with Crippen molar-refractivity contribution >= 4 is 78.8 Å². The molecule has 0 saturated carbocycles. The van der Waals surface area contributed by atoms with E-state index in [0.717, 1.165) is 0 Å². The van der Waals surface area contributed by atoms with Crippen molar-refractivity contribution in [2.75, 3.05) is 9.80 Å². The molecule has 0 unspecified atom stereocenters. The molecule has 0 aliphatic carbocycles. The highest BCUT2D eigenvalue weighted by molar-refractivity contribution is 7.01. The largest absolute Gasteiger partial charge is 0.311 e. The Morgan fingerprint density at radius 1 is 0.341 bits per heavy atom. The van der Waals surface area contributed by atoms with Crippen molar-refractivity contribution in [3.05, 3.63) is 152 Å². The Balaban J connectivity index is 1.44. The Kier molecular flexibility index (Phi) is 4.73. The molecule has 2 nitrogen and oxygen atoms in total. The molecule has 0 N–H and O–H groups in total. The second-order valence-corrected chi connectivity index (χ2v) is 10.9. The third-order valence-corrected chi connectivity index (χ3v) is 8.82. The number of hydrogen-bond acceptors (Lipinski definition) is 2. The molecule has 0 aromatic heterocycles. The number of fused-ring (bicyclic) bond motifs is 7. The molecule has 0 spiro atoms. The second kappa shape index (κ2) is 8.61. The molecule has 41 heavy (non-hydrogen) atoms. The maximum atomic E-state index is 2.51. The van der Waals surface area contributed by atoms with E-state index in [1.165, 1.54) is 72.1 Å². The van der Waals surface area contributed by atoms with Gasteiger partial charge in [0.05, 0.1) is 5.69 Å². The van der Waals surface area contributed by atoms with Gasteiger partial charge in [-0.15, -0.1) is 0 Å². The van der Waals surface area contributed by atoms with E-state index in [0.29, 0.717) is 0 Å². The average molecular weight is 520 g/mol. The van der Waals surface area contributed by atoms with Crippen molar-refractivity contribution in [2.45, 2.75) is 0 Å². The molecule has 9 rings (SSSR count). The lowest BCUT2D eigenvalue weighted by atomic mass is 9.33. The van der Waals surface area contributed by atoms with Crippen molar-refractivity contribution in [2.24, 2.45) is 0 Å². The zero-order valence-corrected chi connectivity index (χ0v) is 22.4. The standard InChI is InChI=1S/C38H25BN2/c1-2-15-28(16-3-1)40-33-20-9-8-19-31(33)39-37-30-18-7-5-13-27(30)24-25-36(37)41(35-23-11-22-34(40)38(35)39)32-21-10-14-26-12-4-6-17-29(26)32/h1-25H. The molecule has 2 heterocycles. The van der Waals surface area contributed by atoms with Crippen LogP contribution in [0.3, 0.4) is 0 Å². The maximum absolute atomic E-state index is 2.51. The quantitative estimate of drug-likeness (QED) is 0.213. The fourth-order valence-corrected chi connectivity index (χ4v) is 7.18. The van der Waals surface area contributed by atoms with Gasteiger partial charge in [0.15, 0.2) is 0 Å². The summed E-state index contributed by atoms with van der Waals surface area (Å²) in [7, 11) is 0. The lowest BCUT2D eigenvalue weighted by molar-refractivity contribution is 1.26. The molecule has 2 aliphatic heterocycles. The van der Waals surface area contributed by atoms with Crippen LogP contribution < -0.4 is 26.2 Å². The van der Waals surface area contributed by atoms with Gasteiger partial charge in [-0.25, -0.2) is 0 Å². The molecule has 7 aromatic carbocycles. The summed E-state index contributed by atoms with van der Waals surface area (Å²) >= 11 is 0. The number of hydrogen-bond donors (Lipinski definition) is 0. The fourth-order valence-electron chi connectivity index (χ4n) is 7.18. The number of anilines is 6. The molecule has 0 saturated heterocycles. The van der Waals surface area contributed by atoms with Crippen molar-refractivity contribution in [1.29, 1.82) is 0 Å². The molecule has 0 atom stereocenters. The van der Waals surface area contributed by atoms with Gasteiger partial charge in [-0.05, 0) is 75.0 Å². The van der Waals surface area contributed by atoms with Gasteiger partial charge >= 0.3 is 0 Å². The monoisotopic (exact) mass is 520 g/mol. The Hall–Kier alpha value is -5.28. The first-order valence-electron chi connectivity index (χ1n) is 14.2. The Morgan fingerprint density at radius 3 is 1.76 bits per heavy atom. The Bertz CT molecular complexity index is 2130.